The molecule has 0 unspecified atom stereocenters. The van der Waals surface area contributed by atoms with Crippen LogP contribution in [0.1, 0.15) is 17.2 Å². The van der Waals surface area contributed by atoms with Crippen molar-refractivity contribution in [2.45, 2.75) is 18.6 Å². The Hall–Kier alpha value is -2.20. The molecule has 0 aromatic heterocycles. The molecule has 0 saturated carbocycles. The first-order chi connectivity index (χ1) is 9.67. The number of rotatable bonds is 2. The standard InChI is InChI=1S/C16H16O4/c1-19-13-7-4-11-8-14(18)16(20-15(11)9-13)10-2-5-12(17)6-3-10/h2-7,9,14,16-18H,8H2,1H3/t14-,16+/m1/s1. The Balaban J connectivity index is 1.92. The van der Waals surface area contributed by atoms with Crippen LogP contribution in [0.3, 0.4) is 0 Å². The van der Waals surface area contributed by atoms with E-state index in [1.807, 2.05) is 18.2 Å². The van der Waals surface area contributed by atoms with Crippen molar-refractivity contribution in [3.63, 3.8) is 0 Å². The van der Waals surface area contributed by atoms with Crippen LogP contribution in [0.25, 0.3) is 0 Å². The lowest BCUT2D eigenvalue weighted by Gasteiger charge is -2.31. The zero-order valence-corrected chi connectivity index (χ0v) is 11.1. The lowest BCUT2D eigenvalue weighted by atomic mass is 9.94. The fourth-order valence-corrected chi connectivity index (χ4v) is 2.44. The maximum absolute atomic E-state index is 10.2. The molecule has 20 heavy (non-hydrogen) atoms. The van der Waals surface area contributed by atoms with E-state index in [1.165, 1.54) is 0 Å². The van der Waals surface area contributed by atoms with Crippen molar-refractivity contribution < 1.29 is 19.7 Å². The van der Waals surface area contributed by atoms with E-state index in [9.17, 15) is 10.2 Å². The predicted octanol–water partition coefficient (Wildman–Crippen LogP) is 2.44. The lowest BCUT2D eigenvalue weighted by Crippen LogP contribution is -2.30. The molecule has 104 valence electrons. The van der Waals surface area contributed by atoms with E-state index in [2.05, 4.69) is 0 Å². The highest BCUT2D eigenvalue weighted by Gasteiger charge is 2.30. The molecular formula is C16H16O4. The van der Waals surface area contributed by atoms with Crippen molar-refractivity contribution in [3.05, 3.63) is 53.6 Å². The number of benzene rings is 2. The van der Waals surface area contributed by atoms with Gasteiger partial charge in [-0.2, -0.15) is 0 Å². The first kappa shape index (κ1) is 12.8. The van der Waals surface area contributed by atoms with Gasteiger partial charge in [0.05, 0.1) is 13.2 Å². The van der Waals surface area contributed by atoms with Crippen molar-refractivity contribution >= 4 is 0 Å². The van der Waals surface area contributed by atoms with Crippen LogP contribution in [-0.2, 0) is 6.42 Å². The molecule has 3 rings (SSSR count). The second-order valence-corrected chi connectivity index (χ2v) is 4.88. The molecule has 0 saturated heterocycles. The normalized spacial score (nSPS) is 20.9. The van der Waals surface area contributed by atoms with E-state index in [0.717, 1.165) is 22.6 Å². The molecule has 1 aliphatic heterocycles. The molecule has 2 N–H and O–H groups in total. The van der Waals surface area contributed by atoms with Gasteiger partial charge in [-0.25, -0.2) is 0 Å². The second kappa shape index (κ2) is 5.06. The minimum absolute atomic E-state index is 0.195. The average molecular weight is 272 g/mol. The van der Waals surface area contributed by atoms with Crippen LogP contribution in [0.4, 0.5) is 0 Å². The highest BCUT2D eigenvalue weighted by molar-refractivity contribution is 5.43. The molecule has 2 aromatic rings. The summed E-state index contributed by atoms with van der Waals surface area (Å²) in [5.41, 5.74) is 1.80. The fourth-order valence-electron chi connectivity index (χ4n) is 2.44. The predicted molar refractivity (Wildman–Crippen MR) is 74.2 cm³/mol. The van der Waals surface area contributed by atoms with Gasteiger partial charge >= 0.3 is 0 Å². The molecule has 1 heterocycles. The fraction of sp³-hybridized carbons (Fsp3) is 0.250. The minimum Gasteiger partial charge on any atom is -0.508 e. The Bertz CT molecular complexity index is 606. The van der Waals surface area contributed by atoms with Gasteiger partial charge in [0.1, 0.15) is 23.4 Å². The van der Waals surface area contributed by atoms with E-state index in [-0.39, 0.29) is 5.75 Å². The first-order valence-corrected chi connectivity index (χ1v) is 6.48. The number of fused-ring (bicyclic) bond motifs is 1. The third kappa shape index (κ3) is 2.30. The highest BCUT2D eigenvalue weighted by atomic mass is 16.5. The molecular weight excluding hydrogens is 256 g/mol. The van der Waals surface area contributed by atoms with Crippen molar-refractivity contribution in [1.82, 2.24) is 0 Å². The first-order valence-electron chi connectivity index (χ1n) is 6.48. The van der Waals surface area contributed by atoms with E-state index in [1.54, 1.807) is 31.4 Å². The summed E-state index contributed by atoms with van der Waals surface area (Å²) >= 11 is 0. The quantitative estimate of drug-likeness (QED) is 0.881. The number of aromatic hydroxyl groups is 1. The number of hydrogen-bond donors (Lipinski definition) is 2. The molecule has 0 bridgehead atoms. The van der Waals surface area contributed by atoms with Crippen LogP contribution in [-0.4, -0.2) is 23.4 Å². The monoisotopic (exact) mass is 272 g/mol. The van der Waals surface area contributed by atoms with Crippen molar-refractivity contribution in [1.29, 1.82) is 0 Å². The van der Waals surface area contributed by atoms with Gasteiger partial charge in [0, 0.05) is 12.5 Å². The Kier molecular flexibility index (Phi) is 3.24. The second-order valence-electron chi connectivity index (χ2n) is 4.88. The number of hydrogen-bond acceptors (Lipinski definition) is 4. The molecule has 1 aliphatic rings. The molecule has 0 spiro atoms. The molecule has 0 fully saturated rings. The van der Waals surface area contributed by atoms with Gasteiger partial charge in [0.25, 0.3) is 0 Å². The Morgan fingerprint density at radius 3 is 2.60 bits per heavy atom. The Morgan fingerprint density at radius 1 is 1.15 bits per heavy atom. The summed E-state index contributed by atoms with van der Waals surface area (Å²) in [6.07, 6.45) is -0.513. The van der Waals surface area contributed by atoms with Gasteiger partial charge < -0.3 is 19.7 Å². The lowest BCUT2D eigenvalue weighted by molar-refractivity contribution is 0.0206. The number of methoxy groups -OCH3 is 1. The SMILES string of the molecule is COc1ccc2c(c1)O[C@@H](c1ccc(O)cc1)[C@H](O)C2. The molecule has 4 heteroatoms. The molecule has 0 radical (unpaired) electrons. The maximum atomic E-state index is 10.2. The molecule has 2 atom stereocenters. The van der Waals surface area contributed by atoms with Crippen molar-refractivity contribution in [3.8, 4) is 17.2 Å². The number of aliphatic hydroxyl groups is 1. The van der Waals surface area contributed by atoms with E-state index in [0.29, 0.717) is 6.42 Å². The number of phenols is 1. The zero-order valence-electron chi connectivity index (χ0n) is 11.1. The molecule has 0 amide bonds. The van der Waals surface area contributed by atoms with Crippen LogP contribution >= 0.6 is 0 Å². The summed E-state index contributed by atoms with van der Waals surface area (Å²) in [5.74, 6) is 1.65. The summed E-state index contributed by atoms with van der Waals surface area (Å²) in [6, 6.07) is 12.3. The van der Waals surface area contributed by atoms with Crippen molar-refractivity contribution in [2.24, 2.45) is 0 Å². The highest BCUT2D eigenvalue weighted by Crippen LogP contribution is 2.37. The van der Waals surface area contributed by atoms with Gasteiger partial charge in [-0.1, -0.05) is 18.2 Å². The third-order valence-corrected chi connectivity index (χ3v) is 3.53. The summed E-state index contributed by atoms with van der Waals surface area (Å²) < 4.78 is 11.1. The van der Waals surface area contributed by atoms with Gasteiger partial charge in [0.2, 0.25) is 0 Å². The minimum atomic E-state index is -0.611. The van der Waals surface area contributed by atoms with E-state index < -0.39 is 12.2 Å². The third-order valence-electron chi connectivity index (χ3n) is 3.53. The smallest absolute Gasteiger partial charge is 0.150 e. The van der Waals surface area contributed by atoms with Gasteiger partial charge in [-0.15, -0.1) is 0 Å². The Morgan fingerprint density at radius 2 is 1.90 bits per heavy atom. The number of phenolic OH excluding ortho intramolecular Hbond substituents is 1. The summed E-state index contributed by atoms with van der Waals surface area (Å²) in [6.45, 7) is 0. The van der Waals surface area contributed by atoms with Crippen molar-refractivity contribution in [2.75, 3.05) is 7.11 Å². The molecule has 4 nitrogen and oxygen atoms in total. The molecule has 0 aliphatic carbocycles. The van der Waals surface area contributed by atoms with Gasteiger partial charge in [-0.3, -0.25) is 0 Å². The largest absolute Gasteiger partial charge is 0.508 e. The van der Waals surface area contributed by atoms with Gasteiger partial charge in [-0.05, 0) is 29.3 Å². The number of ether oxygens (including phenoxy) is 2. The summed E-state index contributed by atoms with van der Waals surface area (Å²) in [7, 11) is 1.61. The van der Waals surface area contributed by atoms with E-state index in [4.69, 9.17) is 9.47 Å². The summed E-state index contributed by atoms with van der Waals surface area (Å²) in [5, 5.41) is 19.6. The zero-order chi connectivity index (χ0) is 14.1. The van der Waals surface area contributed by atoms with Crippen LogP contribution < -0.4 is 9.47 Å². The van der Waals surface area contributed by atoms with Crippen LogP contribution in [0.5, 0.6) is 17.2 Å². The maximum Gasteiger partial charge on any atom is 0.150 e. The number of aliphatic hydroxyl groups excluding tert-OH is 1. The summed E-state index contributed by atoms with van der Waals surface area (Å²) in [4.78, 5) is 0. The van der Waals surface area contributed by atoms with Crippen LogP contribution in [0.2, 0.25) is 0 Å². The van der Waals surface area contributed by atoms with Crippen LogP contribution in [0.15, 0.2) is 42.5 Å². The Labute approximate surface area is 117 Å². The van der Waals surface area contributed by atoms with Gasteiger partial charge in [0.15, 0.2) is 0 Å². The molecule has 2 aromatic carbocycles. The average Bonchev–Trinajstić information content (AvgIpc) is 2.47. The topological polar surface area (TPSA) is 58.9 Å². The van der Waals surface area contributed by atoms with E-state index >= 15 is 0 Å². The van der Waals surface area contributed by atoms with Crippen LogP contribution in [0, 0.1) is 0 Å².